The molecule has 2 aliphatic rings. The van der Waals surface area contributed by atoms with Gasteiger partial charge in [-0.2, -0.15) is 0 Å². The van der Waals surface area contributed by atoms with Crippen LogP contribution in [0.15, 0.2) is 24.3 Å². The molecule has 2 aromatic rings. The largest absolute Gasteiger partial charge is 0.378 e. The van der Waals surface area contributed by atoms with Crippen LogP contribution in [0.25, 0.3) is 10.9 Å². The summed E-state index contributed by atoms with van der Waals surface area (Å²) in [4.78, 5) is 34.2. The van der Waals surface area contributed by atoms with E-state index in [0.29, 0.717) is 6.54 Å². The molecule has 0 aliphatic carbocycles. The smallest absolute Gasteiger partial charge is 0.224 e. The Morgan fingerprint density at radius 2 is 1.78 bits per heavy atom. The minimum atomic E-state index is -0.156. The Bertz CT molecular complexity index is 1040. The van der Waals surface area contributed by atoms with Crippen LogP contribution < -0.4 is 15.5 Å². The number of aromatic nitrogens is 1. The number of rotatable bonds is 9. The van der Waals surface area contributed by atoms with Crippen LogP contribution >= 0.6 is 0 Å². The number of carbonyl (C=O) groups excluding carboxylic acids is 2. The molecular weight excluding hydrogens is 454 g/mol. The van der Waals surface area contributed by atoms with Crippen LogP contribution in [0, 0.1) is 18.8 Å². The number of nitrogens with zero attached hydrogens (tertiary/aromatic N) is 3. The molecule has 0 saturated carbocycles. The number of hydrogen-bond acceptors (Lipinski definition) is 6. The summed E-state index contributed by atoms with van der Waals surface area (Å²) in [6, 6.07) is 7.87. The molecule has 2 aliphatic heterocycles. The molecule has 2 fully saturated rings. The molecule has 0 radical (unpaired) electrons. The van der Waals surface area contributed by atoms with E-state index in [1.807, 2.05) is 18.2 Å². The predicted octanol–water partition coefficient (Wildman–Crippen LogP) is 3.58. The van der Waals surface area contributed by atoms with Gasteiger partial charge in [-0.3, -0.25) is 9.59 Å². The van der Waals surface area contributed by atoms with Gasteiger partial charge in [0, 0.05) is 56.6 Å². The molecule has 3 heterocycles. The van der Waals surface area contributed by atoms with Crippen LogP contribution in [0.5, 0.6) is 0 Å². The van der Waals surface area contributed by atoms with Crippen molar-refractivity contribution in [2.45, 2.75) is 46.5 Å². The van der Waals surface area contributed by atoms with Crippen molar-refractivity contribution >= 4 is 34.2 Å². The quantitative estimate of drug-likeness (QED) is 0.517. The first kappa shape index (κ1) is 26.4. The Balaban J connectivity index is 1.20. The van der Waals surface area contributed by atoms with Crippen molar-refractivity contribution in [2.24, 2.45) is 11.8 Å². The Morgan fingerprint density at radius 3 is 2.53 bits per heavy atom. The third-order valence-corrected chi connectivity index (χ3v) is 7.12. The van der Waals surface area contributed by atoms with E-state index in [0.717, 1.165) is 92.2 Å². The monoisotopic (exact) mass is 495 g/mol. The molecular formula is C28H41N5O3. The maximum Gasteiger partial charge on any atom is 0.224 e. The minimum absolute atomic E-state index is 0.0697. The second kappa shape index (κ2) is 12.5. The number of morpholine rings is 1. The number of carbonyl (C=O) groups is 2. The predicted molar refractivity (Wildman–Crippen MR) is 144 cm³/mol. The molecule has 0 unspecified atom stereocenters. The molecule has 1 aromatic carbocycles. The highest BCUT2D eigenvalue weighted by molar-refractivity contribution is 5.96. The highest BCUT2D eigenvalue weighted by Crippen LogP contribution is 2.26. The van der Waals surface area contributed by atoms with Crippen molar-refractivity contribution in [3.05, 3.63) is 29.8 Å². The first-order valence-electron chi connectivity index (χ1n) is 13.4. The molecule has 0 spiro atoms. The second-order valence-electron chi connectivity index (χ2n) is 10.6. The number of aryl methyl sites for hydroxylation is 1. The summed E-state index contributed by atoms with van der Waals surface area (Å²) in [7, 11) is 0. The third-order valence-electron chi connectivity index (χ3n) is 7.12. The molecule has 2 amide bonds. The number of piperidine rings is 1. The zero-order chi connectivity index (χ0) is 25.5. The van der Waals surface area contributed by atoms with Crippen LogP contribution in [-0.4, -0.2) is 74.2 Å². The number of anilines is 2. The van der Waals surface area contributed by atoms with Crippen molar-refractivity contribution in [3.8, 4) is 0 Å². The summed E-state index contributed by atoms with van der Waals surface area (Å²) in [5, 5.41) is 6.91. The summed E-state index contributed by atoms with van der Waals surface area (Å²) < 4.78 is 5.44. The SMILES string of the molecule is Cc1cc(N2CCOCC2)nc2ccc(NC(=O)CCC(=O)NCCCN3C[C@H](C)C[C@@H](C)C3)cc12. The molecule has 8 heteroatoms. The van der Waals surface area contributed by atoms with Gasteiger partial charge in [0.15, 0.2) is 0 Å². The van der Waals surface area contributed by atoms with Gasteiger partial charge >= 0.3 is 0 Å². The summed E-state index contributed by atoms with van der Waals surface area (Å²) >= 11 is 0. The highest BCUT2D eigenvalue weighted by Gasteiger charge is 2.21. The van der Waals surface area contributed by atoms with E-state index < -0.39 is 0 Å². The van der Waals surface area contributed by atoms with Crippen molar-refractivity contribution in [2.75, 3.05) is 62.7 Å². The Labute approximate surface area is 214 Å². The van der Waals surface area contributed by atoms with Gasteiger partial charge in [-0.15, -0.1) is 0 Å². The number of nitrogens with one attached hydrogen (secondary N) is 2. The number of amides is 2. The average molecular weight is 496 g/mol. The van der Waals surface area contributed by atoms with Crippen LogP contribution in [0.1, 0.15) is 45.1 Å². The standard InChI is InChI=1S/C28H41N5O3/c1-20-15-21(2)19-32(18-20)10-4-9-29-27(34)7-8-28(35)30-23-5-6-25-24(17-23)22(3)16-26(31-25)33-11-13-36-14-12-33/h5-6,16-17,20-21H,4,7-15,18-19H2,1-3H3,(H,29,34)(H,30,35)/t20-,21-/m1/s1. The molecule has 2 atom stereocenters. The van der Waals surface area contributed by atoms with Crippen molar-refractivity contribution in [1.29, 1.82) is 0 Å². The van der Waals surface area contributed by atoms with Gasteiger partial charge in [0.05, 0.1) is 18.7 Å². The lowest BCUT2D eigenvalue weighted by molar-refractivity contribution is -0.124. The summed E-state index contributed by atoms with van der Waals surface area (Å²) in [6.45, 7) is 13.8. The highest BCUT2D eigenvalue weighted by atomic mass is 16.5. The van der Waals surface area contributed by atoms with E-state index in [2.05, 4.69) is 47.3 Å². The van der Waals surface area contributed by atoms with Crippen LogP contribution in [0.2, 0.25) is 0 Å². The van der Waals surface area contributed by atoms with Gasteiger partial charge in [0.1, 0.15) is 5.82 Å². The number of pyridine rings is 1. The fourth-order valence-corrected chi connectivity index (χ4v) is 5.45. The van der Waals surface area contributed by atoms with E-state index in [9.17, 15) is 9.59 Å². The number of hydrogen-bond donors (Lipinski definition) is 2. The van der Waals surface area contributed by atoms with Gasteiger partial charge in [0.25, 0.3) is 0 Å². The number of ether oxygens (including phenoxy) is 1. The van der Waals surface area contributed by atoms with E-state index in [1.54, 1.807) is 0 Å². The van der Waals surface area contributed by atoms with Gasteiger partial charge in [0.2, 0.25) is 11.8 Å². The fraction of sp³-hybridized carbons (Fsp3) is 0.607. The number of benzene rings is 1. The Kier molecular flexibility index (Phi) is 9.15. The Morgan fingerprint density at radius 1 is 1.06 bits per heavy atom. The lowest BCUT2D eigenvalue weighted by atomic mass is 9.92. The van der Waals surface area contributed by atoms with E-state index in [1.165, 1.54) is 6.42 Å². The van der Waals surface area contributed by atoms with E-state index in [4.69, 9.17) is 9.72 Å². The molecule has 36 heavy (non-hydrogen) atoms. The summed E-state index contributed by atoms with van der Waals surface area (Å²) in [5.41, 5.74) is 2.75. The minimum Gasteiger partial charge on any atom is -0.378 e. The third kappa shape index (κ3) is 7.40. The van der Waals surface area contributed by atoms with Gasteiger partial charge in [-0.25, -0.2) is 4.98 Å². The maximum atomic E-state index is 12.5. The molecule has 8 nitrogen and oxygen atoms in total. The number of likely N-dealkylation sites (tertiary alicyclic amines) is 1. The van der Waals surface area contributed by atoms with Crippen molar-refractivity contribution in [3.63, 3.8) is 0 Å². The first-order chi connectivity index (χ1) is 17.4. The molecule has 0 bridgehead atoms. The molecule has 2 N–H and O–H groups in total. The van der Waals surface area contributed by atoms with E-state index in [-0.39, 0.29) is 24.7 Å². The zero-order valence-corrected chi connectivity index (χ0v) is 22.0. The topological polar surface area (TPSA) is 86.8 Å². The van der Waals surface area contributed by atoms with Crippen LogP contribution in [-0.2, 0) is 14.3 Å². The zero-order valence-electron chi connectivity index (χ0n) is 22.0. The lowest BCUT2D eigenvalue weighted by Gasteiger charge is -2.34. The maximum absolute atomic E-state index is 12.5. The first-order valence-corrected chi connectivity index (χ1v) is 13.4. The van der Waals surface area contributed by atoms with Gasteiger partial charge in [-0.05, 0) is 68.0 Å². The van der Waals surface area contributed by atoms with Crippen LogP contribution in [0.4, 0.5) is 11.5 Å². The van der Waals surface area contributed by atoms with Crippen LogP contribution in [0.3, 0.4) is 0 Å². The molecule has 2 saturated heterocycles. The molecule has 4 rings (SSSR count). The number of fused-ring (bicyclic) bond motifs is 1. The van der Waals surface area contributed by atoms with Gasteiger partial charge in [-0.1, -0.05) is 13.8 Å². The Hall–Kier alpha value is -2.71. The fourth-order valence-electron chi connectivity index (χ4n) is 5.45. The summed E-state index contributed by atoms with van der Waals surface area (Å²) in [5.74, 6) is 2.23. The molecule has 196 valence electrons. The normalized spacial score (nSPS) is 20.9. The van der Waals surface area contributed by atoms with E-state index >= 15 is 0 Å². The summed E-state index contributed by atoms with van der Waals surface area (Å²) in [6.07, 6.45) is 2.61. The second-order valence-corrected chi connectivity index (χ2v) is 10.6. The van der Waals surface area contributed by atoms with Gasteiger partial charge < -0.3 is 25.2 Å². The van der Waals surface area contributed by atoms with Crippen molar-refractivity contribution in [1.82, 2.24) is 15.2 Å². The lowest BCUT2D eigenvalue weighted by Crippen LogP contribution is -2.40. The molecule has 1 aromatic heterocycles. The van der Waals surface area contributed by atoms with Crippen molar-refractivity contribution < 1.29 is 14.3 Å². The average Bonchev–Trinajstić information content (AvgIpc) is 2.85.